The van der Waals surface area contributed by atoms with Crippen molar-refractivity contribution in [2.24, 2.45) is 0 Å². The lowest BCUT2D eigenvalue weighted by molar-refractivity contribution is -0.131. The molecular formula is C27H28O4. The molecule has 160 valence electrons. The second-order valence-corrected chi connectivity index (χ2v) is 8.36. The molecule has 0 saturated heterocycles. The fourth-order valence-electron chi connectivity index (χ4n) is 3.28. The monoisotopic (exact) mass is 416 g/mol. The maximum absolute atomic E-state index is 11.1. The summed E-state index contributed by atoms with van der Waals surface area (Å²) in [6.07, 6.45) is 2.67. The van der Waals surface area contributed by atoms with Crippen LogP contribution in [-0.4, -0.2) is 18.2 Å². The summed E-state index contributed by atoms with van der Waals surface area (Å²) in [5.74, 6) is 0.366. The molecule has 3 rings (SSSR count). The first kappa shape index (κ1) is 22.2. The summed E-state index contributed by atoms with van der Waals surface area (Å²) in [6, 6.07) is 21.8. The van der Waals surface area contributed by atoms with E-state index in [0.717, 1.165) is 28.5 Å². The number of carboxylic acid groups (broad SMARTS) is 1. The number of ether oxygens (including phenoxy) is 2. The van der Waals surface area contributed by atoms with Crippen LogP contribution in [0.2, 0.25) is 0 Å². The molecule has 0 radical (unpaired) electrons. The highest BCUT2D eigenvalue weighted by molar-refractivity contribution is 5.86. The molecule has 0 aliphatic heterocycles. The average molecular weight is 417 g/mol. The Morgan fingerprint density at radius 1 is 0.968 bits per heavy atom. The van der Waals surface area contributed by atoms with Crippen LogP contribution in [0, 0.1) is 0 Å². The maximum Gasteiger partial charge on any atom is 0.328 e. The van der Waals surface area contributed by atoms with E-state index in [1.807, 2.05) is 42.5 Å². The summed E-state index contributed by atoms with van der Waals surface area (Å²) >= 11 is 0. The summed E-state index contributed by atoms with van der Waals surface area (Å²) in [6.45, 7) is 6.95. The first-order valence-corrected chi connectivity index (χ1v) is 10.2. The number of methoxy groups -OCH3 is 1. The molecule has 0 aliphatic carbocycles. The molecule has 1 N–H and O–H groups in total. The standard InChI is InChI=1S/C27H28O4/c1-27(2,3)22-13-9-19(10-14-22)18-31-24-15-11-20(17-21(24)12-16-26(28)29)23-7-5-6-8-25(23)30-4/h5-17H,18H2,1-4H3,(H,28,29). The SMILES string of the molecule is COc1ccccc1-c1ccc(OCc2ccc(C(C)(C)C)cc2)c(C=CC(=O)O)c1. The van der Waals surface area contributed by atoms with Crippen molar-refractivity contribution in [3.63, 3.8) is 0 Å². The van der Waals surface area contributed by atoms with Crippen LogP contribution in [0.3, 0.4) is 0 Å². The van der Waals surface area contributed by atoms with Crippen molar-refractivity contribution in [2.45, 2.75) is 32.8 Å². The van der Waals surface area contributed by atoms with E-state index < -0.39 is 5.97 Å². The van der Waals surface area contributed by atoms with E-state index in [0.29, 0.717) is 17.9 Å². The van der Waals surface area contributed by atoms with Crippen LogP contribution in [0.1, 0.15) is 37.5 Å². The van der Waals surface area contributed by atoms with E-state index >= 15 is 0 Å². The number of hydrogen-bond acceptors (Lipinski definition) is 3. The normalized spacial score (nSPS) is 11.5. The number of hydrogen-bond donors (Lipinski definition) is 1. The van der Waals surface area contributed by atoms with Gasteiger partial charge in [0.25, 0.3) is 0 Å². The molecule has 0 fully saturated rings. The molecule has 0 amide bonds. The Kier molecular flexibility index (Phi) is 6.81. The molecular weight excluding hydrogens is 388 g/mol. The van der Waals surface area contributed by atoms with Gasteiger partial charge in [0.1, 0.15) is 18.1 Å². The Bertz CT molecular complexity index is 1070. The zero-order valence-corrected chi connectivity index (χ0v) is 18.4. The van der Waals surface area contributed by atoms with Gasteiger partial charge in [0.2, 0.25) is 0 Å². The second-order valence-electron chi connectivity index (χ2n) is 8.36. The van der Waals surface area contributed by atoms with Crippen LogP contribution >= 0.6 is 0 Å². The average Bonchev–Trinajstić information content (AvgIpc) is 2.76. The number of aliphatic carboxylic acids is 1. The van der Waals surface area contributed by atoms with Gasteiger partial charge in [-0.05, 0) is 46.4 Å². The van der Waals surface area contributed by atoms with Gasteiger partial charge in [-0.2, -0.15) is 0 Å². The Morgan fingerprint density at radius 3 is 2.32 bits per heavy atom. The van der Waals surface area contributed by atoms with E-state index in [1.165, 1.54) is 5.56 Å². The predicted octanol–water partition coefficient (Wildman–Crippen LogP) is 6.34. The summed E-state index contributed by atoms with van der Waals surface area (Å²) in [4.78, 5) is 11.1. The third-order valence-corrected chi connectivity index (χ3v) is 5.05. The van der Waals surface area contributed by atoms with Gasteiger partial charge in [-0.15, -0.1) is 0 Å². The molecule has 0 unspecified atom stereocenters. The molecule has 0 aromatic heterocycles. The van der Waals surface area contributed by atoms with Crippen molar-refractivity contribution in [2.75, 3.05) is 7.11 Å². The van der Waals surface area contributed by atoms with E-state index in [-0.39, 0.29) is 5.41 Å². The van der Waals surface area contributed by atoms with Crippen molar-refractivity contribution in [3.05, 3.63) is 89.5 Å². The lowest BCUT2D eigenvalue weighted by atomic mass is 9.87. The zero-order chi connectivity index (χ0) is 22.4. The number of para-hydroxylation sites is 1. The Hall–Kier alpha value is -3.53. The number of benzene rings is 3. The highest BCUT2D eigenvalue weighted by atomic mass is 16.5. The van der Waals surface area contributed by atoms with Crippen LogP contribution in [0.15, 0.2) is 72.8 Å². The summed E-state index contributed by atoms with van der Waals surface area (Å²) in [7, 11) is 1.63. The first-order valence-electron chi connectivity index (χ1n) is 10.2. The lowest BCUT2D eigenvalue weighted by Gasteiger charge is -2.19. The largest absolute Gasteiger partial charge is 0.496 e. The molecule has 4 nitrogen and oxygen atoms in total. The molecule has 0 aliphatic rings. The first-order chi connectivity index (χ1) is 14.8. The van der Waals surface area contributed by atoms with Crippen LogP contribution < -0.4 is 9.47 Å². The third-order valence-electron chi connectivity index (χ3n) is 5.05. The van der Waals surface area contributed by atoms with Gasteiger partial charge in [-0.1, -0.05) is 69.3 Å². The van der Waals surface area contributed by atoms with E-state index in [4.69, 9.17) is 14.6 Å². The summed E-state index contributed by atoms with van der Waals surface area (Å²) in [5.41, 5.74) is 4.96. The molecule has 0 spiro atoms. The van der Waals surface area contributed by atoms with Crippen LogP contribution in [0.25, 0.3) is 17.2 Å². The topological polar surface area (TPSA) is 55.8 Å². The van der Waals surface area contributed by atoms with Gasteiger partial charge in [-0.3, -0.25) is 0 Å². The fraction of sp³-hybridized carbons (Fsp3) is 0.222. The minimum Gasteiger partial charge on any atom is -0.496 e. The lowest BCUT2D eigenvalue weighted by Crippen LogP contribution is -2.10. The van der Waals surface area contributed by atoms with Crippen molar-refractivity contribution in [1.29, 1.82) is 0 Å². The van der Waals surface area contributed by atoms with Crippen LogP contribution in [0.5, 0.6) is 11.5 Å². The Balaban J connectivity index is 1.88. The number of carbonyl (C=O) groups is 1. The number of rotatable bonds is 7. The minimum atomic E-state index is -1.01. The highest BCUT2D eigenvalue weighted by Gasteiger charge is 2.13. The third kappa shape index (κ3) is 5.76. The van der Waals surface area contributed by atoms with E-state index in [2.05, 4.69) is 45.0 Å². The van der Waals surface area contributed by atoms with Crippen molar-refractivity contribution < 1.29 is 19.4 Å². The molecule has 0 bridgehead atoms. The Labute approximate surface area is 183 Å². The van der Waals surface area contributed by atoms with Crippen molar-refractivity contribution in [1.82, 2.24) is 0 Å². The predicted molar refractivity (Wildman–Crippen MR) is 125 cm³/mol. The molecule has 31 heavy (non-hydrogen) atoms. The summed E-state index contributed by atoms with van der Waals surface area (Å²) in [5, 5.41) is 9.09. The second kappa shape index (κ2) is 9.52. The van der Waals surface area contributed by atoms with Gasteiger partial charge in [-0.25, -0.2) is 4.79 Å². The molecule has 4 heteroatoms. The minimum absolute atomic E-state index is 0.0997. The molecule has 3 aromatic carbocycles. The molecule has 0 heterocycles. The van der Waals surface area contributed by atoms with Crippen molar-refractivity contribution >= 4 is 12.0 Å². The van der Waals surface area contributed by atoms with Crippen LogP contribution in [0.4, 0.5) is 0 Å². The Morgan fingerprint density at radius 2 is 1.68 bits per heavy atom. The van der Waals surface area contributed by atoms with Gasteiger partial charge in [0.05, 0.1) is 7.11 Å². The van der Waals surface area contributed by atoms with Crippen molar-refractivity contribution in [3.8, 4) is 22.6 Å². The van der Waals surface area contributed by atoms with Gasteiger partial charge < -0.3 is 14.6 Å². The maximum atomic E-state index is 11.1. The highest BCUT2D eigenvalue weighted by Crippen LogP contribution is 2.33. The molecule has 0 saturated carbocycles. The zero-order valence-electron chi connectivity index (χ0n) is 18.4. The molecule has 3 aromatic rings. The van der Waals surface area contributed by atoms with E-state index in [1.54, 1.807) is 13.2 Å². The van der Waals surface area contributed by atoms with Gasteiger partial charge in [0, 0.05) is 17.2 Å². The number of carboxylic acids is 1. The van der Waals surface area contributed by atoms with Gasteiger partial charge >= 0.3 is 5.97 Å². The van der Waals surface area contributed by atoms with E-state index in [9.17, 15) is 4.79 Å². The fourth-order valence-corrected chi connectivity index (χ4v) is 3.28. The quantitative estimate of drug-likeness (QED) is 0.457. The smallest absolute Gasteiger partial charge is 0.328 e. The summed E-state index contributed by atoms with van der Waals surface area (Å²) < 4.78 is 11.5. The van der Waals surface area contributed by atoms with Crippen LogP contribution in [-0.2, 0) is 16.8 Å². The molecule has 0 atom stereocenters. The van der Waals surface area contributed by atoms with Gasteiger partial charge in [0.15, 0.2) is 0 Å².